The Kier molecular flexibility index (Phi) is 5.22. The zero-order valence-electron chi connectivity index (χ0n) is 13.1. The first-order valence-electron chi connectivity index (χ1n) is 7.43. The van der Waals surface area contributed by atoms with Crippen LogP contribution in [0.4, 0.5) is 23.9 Å². The Hall–Kier alpha value is -2.10. The number of halogens is 4. The van der Waals surface area contributed by atoms with Gasteiger partial charge in [0.25, 0.3) is 5.91 Å². The smallest absolute Gasteiger partial charge is 0.376 e. The van der Waals surface area contributed by atoms with Gasteiger partial charge in [0.1, 0.15) is 5.00 Å². The molecule has 1 aromatic heterocycles. The highest BCUT2D eigenvalue weighted by Crippen LogP contribution is 2.37. The molecule has 2 aromatic rings. The number of benzene rings is 1. The van der Waals surface area contributed by atoms with Crippen molar-refractivity contribution in [1.82, 2.24) is 0 Å². The van der Waals surface area contributed by atoms with Gasteiger partial charge >= 0.3 is 12.1 Å². The van der Waals surface area contributed by atoms with Gasteiger partial charge in [-0.25, -0.2) is 0 Å². The second kappa shape index (κ2) is 7.26. The van der Waals surface area contributed by atoms with E-state index < -0.39 is 18.0 Å². The van der Waals surface area contributed by atoms with Crippen LogP contribution in [0.25, 0.3) is 0 Å². The third-order valence-electron chi connectivity index (χ3n) is 3.61. The van der Waals surface area contributed by atoms with Gasteiger partial charge in [0, 0.05) is 15.6 Å². The van der Waals surface area contributed by atoms with Crippen LogP contribution in [0, 0.1) is 0 Å². The number of fused-ring (bicyclic) bond motifs is 1. The molecule has 5 nitrogen and oxygen atoms in total. The number of hydrogen-bond acceptors (Lipinski definition) is 4. The minimum absolute atomic E-state index is 0.0193. The summed E-state index contributed by atoms with van der Waals surface area (Å²) in [6.07, 6.45) is -4.69. The van der Waals surface area contributed by atoms with Crippen LogP contribution in [0.5, 0.6) is 0 Å². The van der Waals surface area contributed by atoms with Crippen LogP contribution in [0.2, 0.25) is 5.02 Å². The summed E-state index contributed by atoms with van der Waals surface area (Å²) in [6, 6.07) is 6.35. The molecule has 0 fully saturated rings. The summed E-state index contributed by atoms with van der Waals surface area (Å²) < 4.78 is 43.1. The molecule has 0 spiro atoms. The summed E-state index contributed by atoms with van der Waals surface area (Å²) in [4.78, 5) is 24.6. The van der Waals surface area contributed by atoms with Crippen molar-refractivity contribution in [1.29, 1.82) is 0 Å². The Labute approximate surface area is 155 Å². The second-order valence-corrected chi connectivity index (χ2v) is 6.97. The fourth-order valence-electron chi connectivity index (χ4n) is 2.49. The number of ether oxygens (including phenoxy) is 1. The third kappa shape index (κ3) is 4.00. The highest BCUT2D eigenvalue weighted by Gasteiger charge is 2.40. The highest BCUT2D eigenvalue weighted by atomic mass is 35.5. The van der Waals surface area contributed by atoms with Crippen molar-refractivity contribution < 1.29 is 27.5 Å². The first-order valence-corrected chi connectivity index (χ1v) is 8.62. The Morgan fingerprint density at radius 3 is 2.69 bits per heavy atom. The average molecular weight is 405 g/mol. The largest absolute Gasteiger partial charge is 0.471 e. The molecule has 26 heavy (non-hydrogen) atoms. The maximum atomic E-state index is 12.7. The lowest BCUT2D eigenvalue weighted by atomic mass is 10.0. The fraction of sp³-hybridized carbons (Fsp3) is 0.250. The molecule has 138 valence electrons. The number of carbonyl (C=O) groups is 2. The monoisotopic (exact) mass is 404 g/mol. The Balaban J connectivity index is 1.94. The quantitative estimate of drug-likeness (QED) is 0.804. The second-order valence-electron chi connectivity index (χ2n) is 5.43. The molecule has 0 unspecified atom stereocenters. The molecule has 3 rings (SSSR count). The lowest BCUT2D eigenvalue weighted by Gasteiger charge is -2.14. The maximum Gasteiger partial charge on any atom is 0.471 e. The molecule has 2 heterocycles. The summed E-state index contributed by atoms with van der Waals surface area (Å²) >= 11 is 6.78. The van der Waals surface area contributed by atoms with Gasteiger partial charge in [-0.15, -0.1) is 11.3 Å². The van der Waals surface area contributed by atoms with Crippen LogP contribution in [0.3, 0.4) is 0 Å². The van der Waals surface area contributed by atoms with Crippen LogP contribution in [0.1, 0.15) is 20.8 Å². The molecule has 1 aliphatic heterocycles. The number of thiophene rings is 1. The van der Waals surface area contributed by atoms with Crippen LogP contribution in [-0.4, -0.2) is 24.6 Å². The molecular weight excluding hydrogens is 393 g/mol. The van der Waals surface area contributed by atoms with E-state index in [2.05, 4.69) is 5.32 Å². The third-order valence-corrected chi connectivity index (χ3v) is 4.97. The SMILES string of the molecule is O=C(Nc1cccc(Cl)c1)c1c(NC(=O)C(F)(F)F)sc2c1CCOC2. The van der Waals surface area contributed by atoms with Crippen LogP contribution in [0.15, 0.2) is 24.3 Å². The zero-order valence-corrected chi connectivity index (χ0v) is 14.6. The van der Waals surface area contributed by atoms with E-state index in [0.717, 1.165) is 11.3 Å². The van der Waals surface area contributed by atoms with E-state index in [4.69, 9.17) is 16.3 Å². The van der Waals surface area contributed by atoms with Crippen molar-refractivity contribution in [2.45, 2.75) is 19.2 Å². The Morgan fingerprint density at radius 1 is 1.23 bits per heavy atom. The van der Waals surface area contributed by atoms with E-state index >= 15 is 0 Å². The first kappa shape index (κ1) is 18.7. The van der Waals surface area contributed by atoms with Gasteiger partial charge in [0.05, 0.1) is 18.8 Å². The van der Waals surface area contributed by atoms with Crippen LogP contribution in [-0.2, 0) is 22.6 Å². The molecule has 0 radical (unpaired) electrons. The Bertz CT molecular complexity index is 867. The number of anilines is 2. The molecule has 1 aliphatic rings. The summed E-state index contributed by atoms with van der Waals surface area (Å²) in [5.41, 5.74) is 0.992. The van der Waals surface area contributed by atoms with E-state index in [9.17, 15) is 22.8 Å². The fourth-order valence-corrected chi connectivity index (χ4v) is 3.86. The number of carbonyl (C=O) groups excluding carboxylic acids is 2. The normalized spacial score (nSPS) is 13.8. The number of hydrogen-bond donors (Lipinski definition) is 2. The van der Waals surface area contributed by atoms with E-state index in [1.54, 1.807) is 23.5 Å². The van der Waals surface area contributed by atoms with E-state index in [1.165, 1.54) is 6.07 Å². The molecular formula is C16H12ClF3N2O3S. The van der Waals surface area contributed by atoms with E-state index in [1.807, 2.05) is 0 Å². The number of rotatable bonds is 3. The maximum absolute atomic E-state index is 12.7. The molecule has 1 aromatic carbocycles. The van der Waals surface area contributed by atoms with Gasteiger partial charge in [-0.05, 0) is 30.2 Å². The van der Waals surface area contributed by atoms with Crippen molar-refractivity contribution in [2.75, 3.05) is 17.2 Å². The minimum Gasteiger partial charge on any atom is -0.376 e. The predicted molar refractivity (Wildman–Crippen MR) is 91.8 cm³/mol. The van der Waals surface area contributed by atoms with E-state index in [0.29, 0.717) is 34.2 Å². The minimum atomic E-state index is -5.05. The summed E-state index contributed by atoms with van der Waals surface area (Å²) in [6.45, 7) is 0.521. The average Bonchev–Trinajstić information content (AvgIpc) is 2.91. The zero-order chi connectivity index (χ0) is 18.9. The molecule has 0 atom stereocenters. The summed E-state index contributed by atoms with van der Waals surface area (Å²) in [5.74, 6) is -2.75. The van der Waals surface area contributed by atoms with Crippen molar-refractivity contribution in [3.05, 3.63) is 45.3 Å². The Morgan fingerprint density at radius 2 is 2.00 bits per heavy atom. The van der Waals surface area contributed by atoms with E-state index in [-0.39, 0.29) is 17.2 Å². The van der Waals surface area contributed by atoms with Gasteiger partial charge in [0.2, 0.25) is 0 Å². The molecule has 0 aliphatic carbocycles. The van der Waals surface area contributed by atoms with Gasteiger partial charge in [-0.3, -0.25) is 9.59 Å². The van der Waals surface area contributed by atoms with Crippen molar-refractivity contribution in [2.24, 2.45) is 0 Å². The molecule has 0 bridgehead atoms. The first-order chi connectivity index (χ1) is 12.3. The molecule has 0 saturated carbocycles. The summed E-state index contributed by atoms with van der Waals surface area (Å²) in [5, 5.41) is 4.64. The molecule has 2 amide bonds. The molecule has 2 N–H and O–H groups in total. The topological polar surface area (TPSA) is 67.4 Å². The number of amides is 2. The summed E-state index contributed by atoms with van der Waals surface area (Å²) in [7, 11) is 0. The van der Waals surface area contributed by atoms with Gasteiger partial charge in [-0.2, -0.15) is 13.2 Å². The molecule has 0 saturated heterocycles. The predicted octanol–water partition coefficient (Wildman–Crippen LogP) is 4.23. The standard InChI is InChI=1S/C16H12ClF3N2O3S/c17-8-2-1-3-9(6-8)21-13(23)12-10-4-5-25-7-11(10)26-14(12)22-15(24)16(18,19)20/h1-3,6H,4-5,7H2,(H,21,23)(H,22,24). The van der Waals surface area contributed by atoms with Gasteiger partial charge in [-0.1, -0.05) is 17.7 Å². The molecule has 10 heteroatoms. The van der Waals surface area contributed by atoms with Crippen molar-refractivity contribution >= 4 is 45.4 Å². The number of nitrogens with one attached hydrogen (secondary N) is 2. The van der Waals surface area contributed by atoms with Gasteiger partial charge < -0.3 is 15.4 Å². The lowest BCUT2D eigenvalue weighted by molar-refractivity contribution is -0.167. The van der Waals surface area contributed by atoms with Crippen molar-refractivity contribution in [3.63, 3.8) is 0 Å². The van der Waals surface area contributed by atoms with Gasteiger partial charge in [0.15, 0.2) is 0 Å². The van der Waals surface area contributed by atoms with Crippen LogP contribution < -0.4 is 10.6 Å². The number of alkyl halides is 3. The lowest BCUT2D eigenvalue weighted by Crippen LogP contribution is -2.30. The van der Waals surface area contributed by atoms with Crippen LogP contribution >= 0.6 is 22.9 Å². The van der Waals surface area contributed by atoms with Crippen molar-refractivity contribution in [3.8, 4) is 0 Å². The highest BCUT2D eigenvalue weighted by molar-refractivity contribution is 7.17.